The van der Waals surface area contributed by atoms with E-state index in [2.05, 4.69) is 37.4 Å². The topological polar surface area (TPSA) is 12.0 Å². The molecule has 82 valence electrons. The lowest BCUT2D eigenvalue weighted by Crippen LogP contribution is -2.14. The van der Waals surface area contributed by atoms with E-state index in [1.54, 1.807) is 5.56 Å². The minimum absolute atomic E-state index is 0.617. The van der Waals surface area contributed by atoms with Crippen LogP contribution < -0.4 is 5.32 Å². The second-order valence-corrected chi connectivity index (χ2v) is 4.39. The first-order valence-corrected chi connectivity index (χ1v) is 6.20. The van der Waals surface area contributed by atoms with E-state index in [0.29, 0.717) is 6.04 Å². The van der Waals surface area contributed by atoms with Gasteiger partial charge in [-0.2, -0.15) is 0 Å². The summed E-state index contributed by atoms with van der Waals surface area (Å²) in [5.41, 5.74) is 4.54. The second kappa shape index (κ2) is 4.80. The third-order valence-electron chi connectivity index (χ3n) is 3.44. The van der Waals surface area contributed by atoms with Crippen molar-refractivity contribution in [2.75, 3.05) is 6.54 Å². The molecule has 1 aromatic carbocycles. The van der Waals surface area contributed by atoms with Crippen molar-refractivity contribution in [1.29, 1.82) is 0 Å². The molecule has 0 amide bonds. The maximum atomic E-state index is 3.60. The summed E-state index contributed by atoms with van der Waals surface area (Å²) in [5, 5.41) is 3.60. The van der Waals surface area contributed by atoms with Gasteiger partial charge in [0.15, 0.2) is 0 Å². The van der Waals surface area contributed by atoms with Crippen molar-refractivity contribution >= 4 is 0 Å². The second-order valence-electron chi connectivity index (χ2n) is 4.39. The van der Waals surface area contributed by atoms with Crippen molar-refractivity contribution in [1.82, 2.24) is 5.32 Å². The normalized spacial score (nSPS) is 20.8. The average Bonchev–Trinajstić information content (AvgIpc) is 2.81. The molecule has 1 aromatic rings. The van der Waals surface area contributed by atoms with Crippen LogP contribution in [0.3, 0.4) is 0 Å². The molecule has 0 saturated carbocycles. The van der Waals surface area contributed by atoms with Crippen molar-refractivity contribution in [2.45, 2.75) is 45.6 Å². The Morgan fingerprint density at radius 3 is 2.73 bits per heavy atom. The zero-order valence-corrected chi connectivity index (χ0v) is 9.84. The van der Waals surface area contributed by atoms with E-state index in [1.807, 2.05) is 0 Å². The van der Waals surface area contributed by atoms with Gasteiger partial charge in [-0.15, -0.1) is 0 Å². The highest BCUT2D eigenvalue weighted by Crippen LogP contribution is 2.27. The molecule has 1 aliphatic rings. The zero-order chi connectivity index (χ0) is 10.7. The highest BCUT2D eigenvalue weighted by molar-refractivity contribution is 5.35. The molecule has 1 fully saturated rings. The van der Waals surface area contributed by atoms with E-state index in [-0.39, 0.29) is 0 Å². The average molecular weight is 203 g/mol. The Morgan fingerprint density at radius 1 is 1.27 bits per heavy atom. The van der Waals surface area contributed by atoms with E-state index < -0.39 is 0 Å². The molecule has 0 radical (unpaired) electrons. The number of hydrogen-bond acceptors (Lipinski definition) is 1. The van der Waals surface area contributed by atoms with Crippen LogP contribution in [0.1, 0.15) is 49.4 Å². The minimum atomic E-state index is 0.617. The first-order chi connectivity index (χ1) is 7.35. The van der Waals surface area contributed by atoms with E-state index in [1.165, 1.54) is 30.5 Å². The Hall–Kier alpha value is -0.820. The highest BCUT2D eigenvalue weighted by Gasteiger charge is 2.18. The quantitative estimate of drug-likeness (QED) is 0.795. The lowest BCUT2D eigenvalue weighted by Gasteiger charge is -2.16. The maximum Gasteiger partial charge on any atom is 0.0323 e. The number of benzene rings is 1. The van der Waals surface area contributed by atoms with Gasteiger partial charge in [-0.3, -0.25) is 0 Å². The lowest BCUT2D eigenvalue weighted by atomic mass is 9.94. The number of rotatable bonds is 3. The summed E-state index contributed by atoms with van der Waals surface area (Å²) >= 11 is 0. The molecule has 1 heterocycles. The third kappa shape index (κ3) is 2.23. The molecule has 1 nitrogen and oxygen atoms in total. The molecule has 0 bridgehead atoms. The monoisotopic (exact) mass is 203 g/mol. The highest BCUT2D eigenvalue weighted by atomic mass is 14.9. The van der Waals surface area contributed by atoms with Crippen LogP contribution in [0.25, 0.3) is 0 Å². The van der Waals surface area contributed by atoms with Crippen molar-refractivity contribution in [3.63, 3.8) is 0 Å². The molecule has 1 unspecified atom stereocenters. The Bertz CT molecular complexity index is 324. The number of hydrogen-bond donors (Lipinski definition) is 1. The third-order valence-corrected chi connectivity index (χ3v) is 3.44. The standard InChI is InChI=1S/C14H21N/c1-3-11-7-8-12(4-2)13(10-11)14-6-5-9-15-14/h7-8,10,14-15H,3-6,9H2,1-2H3. The number of aryl methyl sites for hydroxylation is 2. The van der Waals surface area contributed by atoms with Gasteiger partial charge in [-0.25, -0.2) is 0 Å². The molecule has 2 rings (SSSR count). The number of nitrogens with one attached hydrogen (secondary N) is 1. The van der Waals surface area contributed by atoms with Gasteiger partial charge < -0.3 is 5.32 Å². The van der Waals surface area contributed by atoms with Crippen LogP contribution in [0.4, 0.5) is 0 Å². The van der Waals surface area contributed by atoms with E-state index >= 15 is 0 Å². The fourth-order valence-electron chi connectivity index (χ4n) is 2.46. The van der Waals surface area contributed by atoms with Gasteiger partial charge in [0, 0.05) is 6.04 Å². The van der Waals surface area contributed by atoms with Gasteiger partial charge in [-0.05, 0) is 48.9 Å². The Balaban J connectivity index is 2.32. The van der Waals surface area contributed by atoms with Crippen LogP contribution in [0, 0.1) is 0 Å². The van der Waals surface area contributed by atoms with Crippen LogP contribution in [0.15, 0.2) is 18.2 Å². The summed E-state index contributed by atoms with van der Waals surface area (Å²) in [7, 11) is 0. The molecular weight excluding hydrogens is 182 g/mol. The fourth-order valence-corrected chi connectivity index (χ4v) is 2.46. The molecule has 1 aliphatic heterocycles. The molecule has 15 heavy (non-hydrogen) atoms. The van der Waals surface area contributed by atoms with Gasteiger partial charge in [0.1, 0.15) is 0 Å². The molecule has 1 heteroatoms. The molecule has 1 saturated heterocycles. The largest absolute Gasteiger partial charge is 0.310 e. The van der Waals surface area contributed by atoms with Gasteiger partial charge in [-0.1, -0.05) is 32.0 Å². The molecule has 0 spiro atoms. The van der Waals surface area contributed by atoms with Crippen molar-refractivity contribution in [3.05, 3.63) is 34.9 Å². The van der Waals surface area contributed by atoms with E-state index in [9.17, 15) is 0 Å². The zero-order valence-electron chi connectivity index (χ0n) is 9.84. The SMILES string of the molecule is CCc1ccc(CC)c(C2CCCN2)c1. The Labute approximate surface area is 92.9 Å². The predicted octanol–water partition coefficient (Wildman–Crippen LogP) is 3.24. The molecule has 1 atom stereocenters. The van der Waals surface area contributed by atoms with Crippen LogP contribution in [0.2, 0.25) is 0 Å². The van der Waals surface area contributed by atoms with Gasteiger partial charge >= 0.3 is 0 Å². The molecule has 1 N–H and O–H groups in total. The van der Waals surface area contributed by atoms with E-state index in [4.69, 9.17) is 0 Å². The summed E-state index contributed by atoms with van der Waals surface area (Å²) in [6.07, 6.45) is 4.92. The van der Waals surface area contributed by atoms with Crippen LogP contribution in [-0.2, 0) is 12.8 Å². The van der Waals surface area contributed by atoms with E-state index in [0.717, 1.165) is 12.8 Å². The van der Waals surface area contributed by atoms with Crippen molar-refractivity contribution < 1.29 is 0 Å². The minimum Gasteiger partial charge on any atom is -0.310 e. The summed E-state index contributed by atoms with van der Waals surface area (Å²) < 4.78 is 0. The Kier molecular flexibility index (Phi) is 3.42. The molecule has 0 aliphatic carbocycles. The fraction of sp³-hybridized carbons (Fsp3) is 0.571. The van der Waals surface area contributed by atoms with Crippen LogP contribution in [-0.4, -0.2) is 6.54 Å². The Morgan fingerprint density at radius 2 is 2.13 bits per heavy atom. The van der Waals surface area contributed by atoms with Crippen LogP contribution in [0.5, 0.6) is 0 Å². The summed E-state index contributed by atoms with van der Waals surface area (Å²) in [6.45, 7) is 5.66. The first kappa shape index (κ1) is 10.7. The van der Waals surface area contributed by atoms with Crippen molar-refractivity contribution in [2.24, 2.45) is 0 Å². The van der Waals surface area contributed by atoms with Crippen LogP contribution >= 0.6 is 0 Å². The summed E-state index contributed by atoms with van der Waals surface area (Å²) in [5.74, 6) is 0. The lowest BCUT2D eigenvalue weighted by molar-refractivity contribution is 0.640. The van der Waals surface area contributed by atoms with Gasteiger partial charge in [0.25, 0.3) is 0 Å². The van der Waals surface area contributed by atoms with Crippen molar-refractivity contribution in [3.8, 4) is 0 Å². The predicted molar refractivity (Wildman–Crippen MR) is 65.2 cm³/mol. The molecular formula is C14H21N. The first-order valence-electron chi connectivity index (χ1n) is 6.20. The summed E-state index contributed by atoms with van der Waals surface area (Å²) in [6, 6.07) is 7.61. The smallest absolute Gasteiger partial charge is 0.0323 e. The van der Waals surface area contributed by atoms with Gasteiger partial charge in [0.2, 0.25) is 0 Å². The molecule has 0 aromatic heterocycles. The summed E-state index contributed by atoms with van der Waals surface area (Å²) in [4.78, 5) is 0. The maximum absolute atomic E-state index is 3.60. The van der Waals surface area contributed by atoms with Gasteiger partial charge in [0.05, 0.1) is 0 Å².